The predicted octanol–water partition coefficient (Wildman–Crippen LogP) is 3.59. The van der Waals surface area contributed by atoms with E-state index in [0.29, 0.717) is 11.3 Å². The highest BCUT2D eigenvalue weighted by molar-refractivity contribution is 9.10. The van der Waals surface area contributed by atoms with Gasteiger partial charge >= 0.3 is 0 Å². The molecule has 0 aliphatic heterocycles. The zero-order chi connectivity index (χ0) is 11.4. The van der Waals surface area contributed by atoms with Crippen LogP contribution in [-0.2, 0) is 12.3 Å². The summed E-state index contributed by atoms with van der Waals surface area (Å²) in [5, 5.41) is 8.52. The van der Waals surface area contributed by atoms with Crippen LogP contribution in [0.2, 0.25) is 0 Å². The van der Waals surface area contributed by atoms with Crippen molar-refractivity contribution in [1.82, 2.24) is 4.98 Å². The summed E-state index contributed by atoms with van der Waals surface area (Å²) in [6.45, 7) is 0. The molecule has 0 aliphatic rings. The van der Waals surface area contributed by atoms with Crippen molar-refractivity contribution in [2.24, 2.45) is 0 Å². The van der Waals surface area contributed by atoms with E-state index in [0.717, 1.165) is 0 Å². The minimum atomic E-state index is -2.62. The molecule has 0 spiro atoms. The van der Waals surface area contributed by atoms with Gasteiger partial charge in [0.2, 0.25) is 0 Å². The normalized spacial score (nSPS) is 10.4. The van der Waals surface area contributed by atoms with Crippen molar-refractivity contribution in [3.63, 3.8) is 0 Å². The SMILES string of the molecule is N#CCc1cc(C(F)F)c(Br)nc1CCl. The highest BCUT2D eigenvalue weighted by atomic mass is 79.9. The number of nitrogens with zero attached hydrogens (tertiary/aromatic N) is 2. The largest absolute Gasteiger partial charge is 0.266 e. The number of pyridine rings is 1. The molecule has 0 unspecified atom stereocenters. The Hall–Kier alpha value is -0.730. The molecular formula is C9H6BrClF2N2. The lowest BCUT2D eigenvalue weighted by molar-refractivity contribution is 0.150. The molecule has 0 amide bonds. The molecule has 0 aromatic carbocycles. The van der Waals surface area contributed by atoms with Crippen molar-refractivity contribution in [3.05, 3.63) is 27.5 Å². The maximum absolute atomic E-state index is 12.5. The topological polar surface area (TPSA) is 36.7 Å². The molecule has 1 aromatic heterocycles. The number of halogens is 4. The fraction of sp³-hybridized carbons (Fsp3) is 0.333. The lowest BCUT2D eigenvalue weighted by Crippen LogP contribution is -2.00. The lowest BCUT2D eigenvalue weighted by Gasteiger charge is -2.08. The van der Waals surface area contributed by atoms with E-state index < -0.39 is 6.43 Å². The zero-order valence-corrected chi connectivity index (χ0v) is 9.82. The van der Waals surface area contributed by atoms with Gasteiger partial charge in [-0.15, -0.1) is 11.6 Å². The number of hydrogen-bond donors (Lipinski definition) is 0. The van der Waals surface area contributed by atoms with Crippen molar-refractivity contribution in [1.29, 1.82) is 5.26 Å². The van der Waals surface area contributed by atoms with Gasteiger partial charge in [0.15, 0.2) is 0 Å². The molecule has 0 aliphatic carbocycles. The Balaban J connectivity index is 3.25. The molecule has 0 radical (unpaired) electrons. The summed E-state index contributed by atoms with van der Waals surface area (Å²) < 4.78 is 25.1. The third kappa shape index (κ3) is 2.86. The van der Waals surface area contributed by atoms with Crippen LogP contribution in [0.15, 0.2) is 10.7 Å². The maximum atomic E-state index is 12.5. The van der Waals surface area contributed by atoms with Crippen LogP contribution in [0.4, 0.5) is 8.78 Å². The first kappa shape index (κ1) is 12.3. The van der Waals surface area contributed by atoms with Gasteiger partial charge in [-0.3, -0.25) is 0 Å². The second-order valence-electron chi connectivity index (χ2n) is 2.74. The summed E-state index contributed by atoms with van der Waals surface area (Å²) in [7, 11) is 0. The fourth-order valence-electron chi connectivity index (χ4n) is 1.09. The van der Waals surface area contributed by atoms with Gasteiger partial charge in [0.1, 0.15) is 4.60 Å². The molecule has 1 rings (SSSR count). The molecule has 0 N–H and O–H groups in total. The van der Waals surface area contributed by atoms with E-state index in [2.05, 4.69) is 20.9 Å². The Morgan fingerprint density at radius 3 is 2.73 bits per heavy atom. The van der Waals surface area contributed by atoms with E-state index in [1.54, 1.807) is 0 Å². The Kier molecular flexibility index (Phi) is 4.43. The maximum Gasteiger partial charge on any atom is 0.266 e. The first-order valence-electron chi connectivity index (χ1n) is 3.99. The van der Waals surface area contributed by atoms with Gasteiger partial charge in [-0.05, 0) is 27.6 Å². The minimum Gasteiger partial charge on any atom is -0.244 e. The third-order valence-corrected chi connectivity index (χ3v) is 2.69. The number of hydrogen-bond acceptors (Lipinski definition) is 2. The first-order chi connectivity index (χ1) is 7.10. The van der Waals surface area contributed by atoms with Crippen molar-refractivity contribution in [3.8, 4) is 6.07 Å². The highest BCUT2D eigenvalue weighted by Gasteiger charge is 2.16. The predicted molar refractivity (Wildman–Crippen MR) is 55.8 cm³/mol. The van der Waals surface area contributed by atoms with Crippen LogP contribution in [0.3, 0.4) is 0 Å². The van der Waals surface area contributed by atoms with Crippen molar-refractivity contribution >= 4 is 27.5 Å². The van der Waals surface area contributed by atoms with Crippen molar-refractivity contribution < 1.29 is 8.78 Å². The van der Waals surface area contributed by atoms with Gasteiger partial charge in [-0.25, -0.2) is 13.8 Å². The molecule has 0 bridgehead atoms. The highest BCUT2D eigenvalue weighted by Crippen LogP contribution is 2.28. The average molecular weight is 296 g/mol. The summed E-state index contributed by atoms with van der Waals surface area (Å²) in [6.07, 6.45) is -2.59. The monoisotopic (exact) mass is 294 g/mol. The van der Waals surface area contributed by atoms with Crippen LogP contribution in [-0.4, -0.2) is 4.98 Å². The van der Waals surface area contributed by atoms with Gasteiger partial charge < -0.3 is 0 Å². The Morgan fingerprint density at radius 2 is 2.27 bits per heavy atom. The number of aromatic nitrogens is 1. The molecule has 1 heterocycles. The summed E-state index contributed by atoms with van der Waals surface area (Å²) in [5.74, 6) is 0.0964. The Bertz CT molecular complexity index is 404. The van der Waals surface area contributed by atoms with E-state index in [9.17, 15) is 8.78 Å². The molecule has 6 heteroatoms. The summed E-state index contributed by atoms with van der Waals surface area (Å²) in [5.41, 5.74) is 0.689. The minimum absolute atomic E-state index is 0.0298. The van der Waals surface area contributed by atoms with Gasteiger partial charge in [0.25, 0.3) is 6.43 Å². The number of nitriles is 1. The van der Waals surface area contributed by atoms with E-state index >= 15 is 0 Å². The molecular weight excluding hydrogens is 289 g/mol. The molecule has 0 saturated carbocycles. The smallest absolute Gasteiger partial charge is 0.244 e. The van der Waals surface area contributed by atoms with Gasteiger partial charge in [-0.1, -0.05) is 0 Å². The van der Waals surface area contributed by atoms with Crippen LogP contribution < -0.4 is 0 Å². The van der Waals surface area contributed by atoms with Crippen LogP contribution >= 0.6 is 27.5 Å². The fourth-order valence-corrected chi connectivity index (χ4v) is 1.83. The first-order valence-corrected chi connectivity index (χ1v) is 5.32. The quantitative estimate of drug-likeness (QED) is 0.631. The molecule has 80 valence electrons. The number of alkyl halides is 3. The zero-order valence-electron chi connectivity index (χ0n) is 7.48. The average Bonchev–Trinajstić information content (AvgIpc) is 2.20. The van der Waals surface area contributed by atoms with Crippen LogP contribution in [0.25, 0.3) is 0 Å². The van der Waals surface area contributed by atoms with E-state index in [-0.39, 0.29) is 22.5 Å². The summed E-state index contributed by atoms with van der Waals surface area (Å²) in [6, 6.07) is 3.15. The number of rotatable bonds is 3. The third-order valence-electron chi connectivity index (χ3n) is 1.80. The van der Waals surface area contributed by atoms with Crippen LogP contribution in [0.5, 0.6) is 0 Å². The summed E-state index contributed by atoms with van der Waals surface area (Å²) >= 11 is 8.53. The lowest BCUT2D eigenvalue weighted by atomic mass is 10.1. The van der Waals surface area contributed by atoms with E-state index in [1.807, 2.05) is 6.07 Å². The van der Waals surface area contributed by atoms with Crippen molar-refractivity contribution in [2.45, 2.75) is 18.7 Å². The van der Waals surface area contributed by atoms with E-state index in [1.165, 1.54) is 6.07 Å². The van der Waals surface area contributed by atoms with Crippen molar-refractivity contribution in [2.75, 3.05) is 0 Å². The second kappa shape index (κ2) is 5.38. The van der Waals surface area contributed by atoms with Gasteiger partial charge in [0, 0.05) is 0 Å². The van der Waals surface area contributed by atoms with E-state index in [4.69, 9.17) is 16.9 Å². The van der Waals surface area contributed by atoms with Crippen LogP contribution in [0, 0.1) is 11.3 Å². The Labute approximate surface area is 99.0 Å². The van der Waals surface area contributed by atoms with Gasteiger partial charge in [-0.2, -0.15) is 5.26 Å². The Morgan fingerprint density at radius 1 is 1.60 bits per heavy atom. The molecule has 1 aromatic rings. The van der Waals surface area contributed by atoms with Gasteiger partial charge in [0.05, 0.1) is 29.6 Å². The molecule has 0 atom stereocenters. The summed E-state index contributed by atoms with van der Waals surface area (Å²) in [4.78, 5) is 3.89. The second-order valence-corrected chi connectivity index (χ2v) is 3.76. The molecule has 2 nitrogen and oxygen atoms in total. The molecule has 0 fully saturated rings. The molecule has 0 saturated heterocycles. The standard InChI is InChI=1S/C9H6BrClF2N2/c10-8-6(9(12)13)3-5(1-2-14)7(4-11)15-8/h3,9H,1,4H2. The van der Waals surface area contributed by atoms with Crippen LogP contribution in [0.1, 0.15) is 23.2 Å². The molecule has 15 heavy (non-hydrogen) atoms.